The summed E-state index contributed by atoms with van der Waals surface area (Å²) in [7, 11) is 0. The van der Waals surface area contributed by atoms with E-state index in [2.05, 4.69) is 25.2 Å². The van der Waals surface area contributed by atoms with Gasteiger partial charge in [0.2, 0.25) is 11.9 Å². The summed E-state index contributed by atoms with van der Waals surface area (Å²) in [4.78, 5) is 27.0. The van der Waals surface area contributed by atoms with Gasteiger partial charge in [-0.15, -0.1) is 11.3 Å². The van der Waals surface area contributed by atoms with Gasteiger partial charge >= 0.3 is 0 Å². The van der Waals surface area contributed by atoms with Gasteiger partial charge < -0.3 is 10.2 Å². The molecule has 0 aliphatic carbocycles. The second-order valence-electron chi connectivity index (χ2n) is 5.47. The Bertz CT molecular complexity index is 685. The van der Waals surface area contributed by atoms with Crippen LogP contribution >= 0.6 is 11.3 Å². The largest absolute Gasteiger partial charge is 0.348 e. The molecule has 6 nitrogen and oxygen atoms in total. The third-order valence-electron chi connectivity index (χ3n) is 3.65. The molecule has 1 atom stereocenters. The summed E-state index contributed by atoms with van der Waals surface area (Å²) in [5.74, 6) is 0.636. The van der Waals surface area contributed by atoms with Crippen LogP contribution in [0.5, 0.6) is 0 Å². The molecule has 0 aromatic carbocycles. The number of carbonyl (C=O) groups is 1. The summed E-state index contributed by atoms with van der Waals surface area (Å²) in [6.07, 6.45) is 8.76. The van der Waals surface area contributed by atoms with Crippen molar-refractivity contribution in [2.45, 2.75) is 25.8 Å². The molecular formula is C16H19N5OS. The smallest absolute Gasteiger partial charge is 0.244 e. The second kappa shape index (κ2) is 7.32. The Morgan fingerprint density at radius 1 is 1.43 bits per heavy atom. The van der Waals surface area contributed by atoms with Crippen molar-refractivity contribution in [3.63, 3.8) is 0 Å². The molecule has 1 fully saturated rings. The van der Waals surface area contributed by atoms with Crippen LogP contribution in [0.1, 0.15) is 23.5 Å². The van der Waals surface area contributed by atoms with Crippen molar-refractivity contribution in [3.05, 3.63) is 40.6 Å². The van der Waals surface area contributed by atoms with Gasteiger partial charge in [0.05, 0.1) is 10.7 Å². The first-order valence-electron chi connectivity index (χ1n) is 7.63. The molecule has 2 aromatic heterocycles. The molecule has 0 radical (unpaired) electrons. The van der Waals surface area contributed by atoms with E-state index in [4.69, 9.17) is 0 Å². The number of rotatable bonds is 4. The van der Waals surface area contributed by atoms with E-state index in [-0.39, 0.29) is 11.9 Å². The summed E-state index contributed by atoms with van der Waals surface area (Å²) in [5.41, 5.74) is 0.825. The number of nitrogens with zero attached hydrogens (tertiary/aromatic N) is 4. The van der Waals surface area contributed by atoms with E-state index in [1.807, 2.05) is 12.3 Å². The molecule has 120 valence electrons. The minimum absolute atomic E-state index is 0.0866. The number of thiazole rings is 1. The van der Waals surface area contributed by atoms with E-state index in [1.54, 1.807) is 41.9 Å². The molecule has 23 heavy (non-hydrogen) atoms. The maximum Gasteiger partial charge on any atom is 0.244 e. The average Bonchev–Trinajstić information content (AvgIpc) is 3.00. The zero-order valence-electron chi connectivity index (χ0n) is 13.0. The van der Waals surface area contributed by atoms with Crippen LogP contribution in [0.3, 0.4) is 0 Å². The number of piperidine rings is 1. The van der Waals surface area contributed by atoms with Gasteiger partial charge in [-0.3, -0.25) is 4.79 Å². The lowest BCUT2D eigenvalue weighted by Crippen LogP contribution is -2.47. The highest BCUT2D eigenvalue weighted by Crippen LogP contribution is 2.15. The highest BCUT2D eigenvalue weighted by molar-refractivity contribution is 7.09. The Balaban J connectivity index is 1.55. The Morgan fingerprint density at radius 2 is 2.26 bits per heavy atom. The number of amides is 1. The second-order valence-corrected chi connectivity index (χ2v) is 6.53. The minimum atomic E-state index is -0.0866. The number of anilines is 1. The number of nitrogens with one attached hydrogen (secondary N) is 1. The van der Waals surface area contributed by atoms with E-state index in [0.29, 0.717) is 0 Å². The van der Waals surface area contributed by atoms with Gasteiger partial charge in [0.25, 0.3) is 0 Å². The first kappa shape index (κ1) is 15.6. The monoisotopic (exact) mass is 329 g/mol. The Morgan fingerprint density at radius 3 is 3.00 bits per heavy atom. The first-order valence-corrected chi connectivity index (χ1v) is 8.51. The van der Waals surface area contributed by atoms with Crippen molar-refractivity contribution in [3.8, 4) is 0 Å². The molecule has 1 aliphatic rings. The Labute approximate surface area is 139 Å². The molecule has 0 bridgehead atoms. The molecule has 3 heterocycles. The van der Waals surface area contributed by atoms with Crippen molar-refractivity contribution < 1.29 is 4.79 Å². The topological polar surface area (TPSA) is 71.0 Å². The van der Waals surface area contributed by atoms with E-state index < -0.39 is 0 Å². The van der Waals surface area contributed by atoms with Crippen LogP contribution in [0.2, 0.25) is 0 Å². The van der Waals surface area contributed by atoms with Crippen LogP contribution in [0.4, 0.5) is 5.95 Å². The Kier molecular flexibility index (Phi) is 4.97. The summed E-state index contributed by atoms with van der Waals surface area (Å²) in [6.45, 7) is 3.61. The number of aromatic nitrogens is 3. The zero-order valence-corrected chi connectivity index (χ0v) is 13.8. The maximum atomic E-state index is 12.1. The molecule has 1 amide bonds. The lowest BCUT2D eigenvalue weighted by molar-refractivity contribution is -0.117. The van der Waals surface area contributed by atoms with Crippen molar-refractivity contribution in [2.24, 2.45) is 0 Å². The van der Waals surface area contributed by atoms with Gasteiger partial charge in [-0.2, -0.15) is 0 Å². The van der Waals surface area contributed by atoms with Crippen molar-refractivity contribution in [1.29, 1.82) is 0 Å². The van der Waals surface area contributed by atoms with Gasteiger partial charge in [-0.25, -0.2) is 15.0 Å². The summed E-state index contributed by atoms with van der Waals surface area (Å²) in [5, 5.41) is 5.98. The lowest BCUT2D eigenvalue weighted by Gasteiger charge is -2.32. The number of hydrogen-bond donors (Lipinski definition) is 1. The molecule has 1 saturated heterocycles. The van der Waals surface area contributed by atoms with Gasteiger partial charge in [0.15, 0.2) is 0 Å². The maximum absolute atomic E-state index is 12.1. The third-order valence-corrected chi connectivity index (χ3v) is 4.44. The number of aryl methyl sites for hydroxylation is 1. The molecule has 3 rings (SSSR count). The number of carbonyl (C=O) groups excluding carboxylic acids is 1. The van der Waals surface area contributed by atoms with Crippen molar-refractivity contribution >= 4 is 29.3 Å². The fraction of sp³-hybridized carbons (Fsp3) is 0.375. The predicted molar refractivity (Wildman–Crippen MR) is 91.3 cm³/mol. The first-order chi connectivity index (χ1) is 11.2. The highest BCUT2D eigenvalue weighted by Gasteiger charge is 2.22. The number of hydrogen-bond acceptors (Lipinski definition) is 6. The third kappa shape index (κ3) is 4.35. The highest BCUT2D eigenvalue weighted by atomic mass is 32.1. The lowest BCUT2D eigenvalue weighted by atomic mass is 10.1. The fourth-order valence-corrected chi connectivity index (χ4v) is 3.18. The van der Waals surface area contributed by atoms with Crippen LogP contribution in [0.15, 0.2) is 29.9 Å². The van der Waals surface area contributed by atoms with Crippen molar-refractivity contribution in [2.75, 3.05) is 18.0 Å². The van der Waals surface area contributed by atoms with Crippen LogP contribution in [0, 0.1) is 6.92 Å². The zero-order chi connectivity index (χ0) is 16.1. The standard InChI is InChI=1S/C16H19N5OS/c1-12-19-14(11-23-12)5-6-15(22)20-13-4-2-9-21(10-13)16-17-7-3-8-18-16/h3,5-8,11,13H,2,4,9-10H2,1H3,(H,20,22)/b6-5+. The van der Waals surface area contributed by atoms with E-state index >= 15 is 0 Å². The van der Waals surface area contributed by atoms with Gasteiger partial charge in [-0.1, -0.05) is 0 Å². The van der Waals surface area contributed by atoms with Crippen LogP contribution < -0.4 is 10.2 Å². The van der Waals surface area contributed by atoms with Crippen LogP contribution in [0.25, 0.3) is 6.08 Å². The van der Waals surface area contributed by atoms with Crippen LogP contribution in [-0.4, -0.2) is 40.0 Å². The summed E-state index contributed by atoms with van der Waals surface area (Å²) < 4.78 is 0. The molecule has 0 saturated carbocycles. The molecule has 1 aliphatic heterocycles. The van der Waals surface area contributed by atoms with Crippen LogP contribution in [-0.2, 0) is 4.79 Å². The molecule has 2 aromatic rings. The quantitative estimate of drug-likeness (QED) is 0.869. The van der Waals surface area contributed by atoms with E-state index in [1.165, 1.54) is 0 Å². The Hall–Kier alpha value is -2.28. The van der Waals surface area contributed by atoms with E-state index in [0.717, 1.165) is 42.6 Å². The summed E-state index contributed by atoms with van der Waals surface area (Å²) in [6, 6.07) is 1.92. The normalized spacial score (nSPS) is 18.3. The minimum Gasteiger partial charge on any atom is -0.348 e. The average molecular weight is 329 g/mol. The van der Waals surface area contributed by atoms with E-state index in [9.17, 15) is 4.79 Å². The molecule has 0 spiro atoms. The fourth-order valence-electron chi connectivity index (χ4n) is 2.60. The molecule has 7 heteroatoms. The SMILES string of the molecule is Cc1nc(/C=C/C(=O)NC2CCCN(c3ncccn3)C2)cs1. The van der Waals surface area contributed by atoms with Gasteiger partial charge in [0.1, 0.15) is 0 Å². The summed E-state index contributed by atoms with van der Waals surface area (Å²) >= 11 is 1.58. The van der Waals surface area contributed by atoms with Gasteiger partial charge in [-0.05, 0) is 31.9 Å². The molecule has 1 N–H and O–H groups in total. The van der Waals surface area contributed by atoms with Gasteiger partial charge in [0, 0.05) is 43.0 Å². The molecule has 1 unspecified atom stereocenters. The predicted octanol–water partition coefficient (Wildman–Crippen LogP) is 2.04. The molecular weight excluding hydrogens is 310 g/mol. The van der Waals surface area contributed by atoms with Crippen molar-refractivity contribution in [1.82, 2.24) is 20.3 Å².